The van der Waals surface area contributed by atoms with Crippen LogP contribution in [0.15, 0.2) is 35.1 Å². The molecule has 0 aliphatic heterocycles. The van der Waals surface area contributed by atoms with E-state index in [-0.39, 0.29) is 5.82 Å². The molecular weight excluding hydrogens is 235 g/mol. The molecule has 0 bridgehead atoms. The normalized spacial score (nSPS) is 10.3. The van der Waals surface area contributed by atoms with E-state index in [1.54, 1.807) is 12.3 Å². The number of nitrogens with zero attached hydrogens (tertiary/aromatic N) is 1. The minimum atomic E-state index is -0.245. The average Bonchev–Trinajstić information content (AvgIpc) is 2.51. The monoisotopic (exact) mass is 240 g/mol. The van der Waals surface area contributed by atoms with Gasteiger partial charge in [0.25, 0.3) is 0 Å². The number of hydrogen-bond acceptors (Lipinski definition) is 1. The van der Waals surface area contributed by atoms with Gasteiger partial charge < -0.3 is 0 Å². The largest absolute Gasteiger partial charge is 0.271 e. The first-order valence-corrected chi connectivity index (χ1v) is 4.51. The van der Waals surface area contributed by atoms with Crippen LogP contribution in [0.2, 0.25) is 0 Å². The van der Waals surface area contributed by atoms with E-state index in [2.05, 4.69) is 26.1 Å². The zero-order chi connectivity index (χ0) is 9.26. The van der Waals surface area contributed by atoms with Crippen LogP contribution in [0.3, 0.4) is 0 Å². The number of aromatic nitrogens is 2. The van der Waals surface area contributed by atoms with Crippen LogP contribution in [-0.2, 0) is 0 Å². The van der Waals surface area contributed by atoms with Gasteiger partial charge in [0.15, 0.2) is 0 Å². The van der Waals surface area contributed by atoms with E-state index in [1.165, 1.54) is 12.1 Å². The summed E-state index contributed by atoms with van der Waals surface area (Å²) in [6.07, 6.45) is 1.65. The Bertz CT molecular complexity index is 425. The molecule has 0 saturated heterocycles. The Morgan fingerprint density at radius 1 is 1.38 bits per heavy atom. The fourth-order valence-corrected chi connectivity index (χ4v) is 1.56. The van der Waals surface area contributed by atoms with Crippen molar-refractivity contribution in [2.45, 2.75) is 0 Å². The van der Waals surface area contributed by atoms with E-state index in [0.29, 0.717) is 0 Å². The summed E-state index contributed by atoms with van der Waals surface area (Å²) >= 11 is 3.29. The van der Waals surface area contributed by atoms with Crippen LogP contribution in [-0.4, -0.2) is 10.2 Å². The van der Waals surface area contributed by atoms with Crippen LogP contribution >= 0.6 is 15.9 Å². The van der Waals surface area contributed by atoms with E-state index in [4.69, 9.17) is 0 Å². The van der Waals surface area contributed by atoms with Gasteiger partial charge in [-0.05, 0) is 33.6 Å². The summed E-state index contributed by atoms with van der Waals surface area (Å²) in [4.78, 5) is 0. The molecule has 0 spiro atoms. The molecule has 1 aromatic carbocycles. The second kappa shape index (κ2) is 3.30. The van der Waals surface area contributed by atoms with Crippen molar-refractivity contribution in [1.82, 2.24) is 10.2 Å². The van der Waals surface area contributed by atoms with E-state index in [1.807, 2.05) is 6.07 Å². The highest BCUT2D eigenvalue weighted by molar-refractivity contribution is 9.10. The fraction of sp³-hybridized carbons (Fsp3) is 0. The topological polar surface area (TPSA) is 28.7 Å². The van der Waals surface area contributed by atoms with Gasteiger partial charge in [-0.3, -0.25) is 5.10 Å². The zero-order valence-electron chi connectivity index (χ0n) is 6.59. The van der Waals surface area contributed by atoms with Gasteiger partial charge in [0.1, 0.15) is 10.4 Å². The lowest BCUT2D eigenvalue weighted by Gasteiger charge is -1.97. The number of hydrogen-bond donors (Lipinski definition) is 1. The Balaban J connectivity index is 2.53. The molecule has 0 aliphatic carbocycles. The van der Waals surface area contributed by atoms with Gasteiger partial charge in [-0.15, -0.1) is 0 Å². The third-order valence-corrected chi connectivity index (χ3v) is 2.33. The molecule has 0 unspecified atom stereocenters. The molecule has 0 aliphatic rings. The van der Waals surface area contributed by atoms with Crippen molar-refractivity contribution in [3.63, 3.8) is 0 Å². The van der Waals surface area contributed by atoms with Crippen molar-refractivity contribution in [2.75, 3.05) is 0 Å². The second-order valence-electron chi connectivity index (χ2n) is 2.61. The number of halogens is 2. The van der Waals surface area contributed by atoms with Gasteiger partial charge >= 0.3 is 0 Å². The van der Waals surface area contributed by atoms with E-state index >= 15 is 0 Å². The zero-order valence-corrected chi connectivity index (χ0v) is 8.18. The lowest BCUT2D eigenvalue weighted by atomic mass is 10.1. The molecule has 0 amide bonds. The summed E-state index contributed by atoms with van der Waals surface area (Å²) in [6.45, 7) is 0. The molecule has 66 valence electrons. The highest BCUT2D eigenvalue weighted by Crippen LogP contribution is 2.25. The molecule has 2 rings (SSSR count). The molecule has 1 aromatic heterocycles. The number of aromatic amines is 1. The molecule has 13 heavy (non-hydrogen) atoms. The van der Waals surface area contributed by atoms with E-state index < -0.39 is 0 Å². The summed E-state index contributed by atoms with van der Waals surface area (Å²) in [5.74, 6) is -0.245. The molecule has 0 fully saturated rings. The van der Waals surface area contributed by atoms with Crippen LogP contribution in [0.25, 0.3) is 11.1 Å². The molecular formula is C9H6BrFN2. The number of nitrogens with one attached hydrogen (secondary N) is 1. The van der Waals surface area contributed by atoms with Gasteiger partial charge in [0, 0.05) is 5.56 Å². The summed E-state index contributed by atoms with van der Waals surface area (Å²) in [5, 5.41) is 6.56. The highest BCUT2D eigenvalue weighted by Gasteiger charge is 2.04. The van der Waals surface area contributed by atoms with Gasteiger partial charge in [-0.25, -0.2) is 4.39 Å². The molecule has 2 aromatic rings. The highest BCUT2D eigenvalue weighted by atomic mass is 79.9. The third kappa shape index (κ3) is 1.62. The Morgan fingerprint density at radius 2 is 2.23 bits per heavy atom. The Labute approximate surface area is 82.9 Å². The predicted molar refractivity (Wildman–Crippen MR) is 51.7 cm³/mol. The van der Waals surface area contributed by atoms with Gasteiger partial charge in [-0.2, -0.15) is 5.10 Å². The number of rotatable bonds is 1. The quantitative estimate of drug-likeness (QED) is 0.816. The van der Waals surface area contributed by atoms with Crippen molar-refractivity contribution in [3.05, 3.63) is 40.9 Å². The Hall–Kier alpha value is -1.16. The maximum atomic E-state index is 12.8. The average molecular weight is 241 g/mol. The van der Waals surface area contributed by atoms with Crippen LogP contribution in [0.1, 0.15) is 0 Å². The Morgan fingerprint density at radius 3 is 2.85 bits per heavy atom. The molecule has 0 saturated carbocycles. The van der Waals surface area contributed by atoms with Crippen molar-refractivity contribution in [1.29, 1.82) is 0 Å². The Kier molecular flexibility index (Phi) is 2.14. The summed E-state index contributed by atoms with van der Waals surface area (Å²) in [6, 6.07) is 6.38. The van der Waals surface area contributed by atoms with Crippen LogP contribution in [0.4, 0.5) is 4.39 Å². The predicted octanol–water partition coefficient (Wildman–Crippen LogP) is 2.98. The van der Waals surface area contributed by atoms with Crippen molar-refractivity contribution in [3.8, 4) is 11.1 Å². The van der Waals surface area contributed by atoms with Crippen LogP contribution in [0, 0.1) is 5.82 Å². The first-order chi connectivity index (χ1) is 6.27. The lowest BCUT2D eigenvalue weighted by Crippen LogP contribution is -1.77. The summed E-state index contributed by atoms with van der Waals surface area (Å²) in [5.41, 5.74) is 1.67. The smallest absolute Gasteiger partial charge is 0.123 e. The maximum absolute atomic E-state index is 12.8. The first kappa shape index (κ1) is 8.44. The minimum absolute atomic E-state index is 0.245. The van der Waals surface area contributed by atoms with E-state index in [0.717, 1.165) is 15.7 Å². The number of benzene rings is 1. The minimum Gasteiger partial charge on any atom is -0.271 e. The third-order valence-electron chi connectivity index (χ3n) is 1.73. The SMILES string of the molecule is Fc1cccc(-c2cn[nH]c2Br)c1. The maximum Gasteiger partial charge on any atom is 0.123 e. The molecule has 0 atom stereocenters. The second-order valence-corrected chi connectivity index (χ2v) is 3.40. The summed E-state index contributed by atoms with van der Waals surface area (Å²) in [7, 11) is 0. The molecule has 4 heteroatoms. The summed E-state index contributed by atoms with van der Waals surface area (Å²) < 4.78 is 13.6. The molecule has 1 N–H and O–H groups in total. The van der Waals surface area contributed by atoms with Crippen LogP contribution < -0.4 is 0 Å². The lowest BCUT2D eigenvalue weighted by molar-refractivity contribution is 0.628. The first-order valence-electron chi connectivity index (χ1n) is 3.72. The van der Waals surface area contributed by atoms with Gasteiger partial charge in [0.2, 0.25) is 0 Å². The van der Waals surface area contributed by atoms with Gasteiger partial charge in [0.05, 0.1) is 6.20 Å². The molecule has 2 nitrogen and oxygen atoms in total. The molecule has 1 heterocycles. The molecule has 0 radical (unpaired) electrons. The van der Waals surface area contributed by atoms with Crippen LogP contribution in [0.5, 0.6) is 0 Å². The fourth-order valence-electron chi connectivity index (χ4n) is 1.13. The standard InChI is InChI=1S/C9H6BrFN2/c10-9-8(5-12-13-9)6-2-1-3-7(11)4-6/h1-5H,(H,12,13). The van der Waals surface area contributed by atoms with Crippen molar-refractivity contribution in [2.24, 2.45) is 0 Å². The van der Waals surface area contributed by atoms with Crippen molar-refractivity contribution < 1.29 is 4.39 Å². The van der Waals surface area contributed by atoms with E-state index in [9.17, 15) is 4.39 Å². The number of H-pyrrole nitrogens is 1. The van der Waals surface area contributed by atoms with Crippen molar-refractivity contribution >= 4 is 15.9 Å². The van der Waals surface area contributed by atoms with Gasteiger partial charge in [-0.1, -0.05) is 12.1 Å².